The first-order chi connectivity index (χ1) is 9.54. The Labute approximate surface area is 118 Å². The second-order valence-corrected chi connectivity index (χ2v) is 5.38. The van der Waals surface area contributed by atoms with Gasteiger partial charge in [0.15, 0.2) is 0 Å². The van der Waals surface area contributed by atoms with Crippen LogP contribution >= 0.6 is 0 Å². The molecule has 5 nitrogen and oxygen atoms in total. The van der Waals surface area contributed by atoms with Gasteiger partial charge in [-0.2, -0.15) is 0 Å². The summed E-state index contributed by atoms with van der Waals surface area (Å²) in [5.41, 5.74) is 1.03. The van der Waals surface area contributed by atoms with Crippen LogP contribution < -0.4 is 10.6 Å². The van der Waals surface area contributed by atoms with Gasteiger partial charge in [-0.1, -0.05) is 6.07 Å². The van der Waals surface area contributed by atoms with Crippen LogP contribution in [-0.2, 0) is 4.74 Å². The van der Waals surface area contributed by atoms with Crippen molar-refractivity contribution in [2.24, 2.45) is 5.92 Å². The summed E-state index contributed by atoms with van der Waals surface area (Å²) in [4.78, 5) is 23.4. The molecule has 1 fully saturated rings. The number of urea groups is 1. The molecule has 1 aliphatic rings. The highest BCUT2D eigenvalue weighted by Crippen LogP contribution is 2.29. The molecule has 2 rings (SSSR count). The van der Waals surface area contributed by atoms with E-state index in [0.717, 1.165) is 12.8 Å². The molecule has 5 heteroatoms. The summed E-state index contributed by atoms with van der Waals surface area (Å²) in [7, 11) is 0. The van der Waals surface area contributed by atoms with Crippen molar-refractivity contribution >= 4 is 17.7 Å². The van der Waals surface area contributed by atoms with Crippen LogP contribution in [0.15, 0.2) is 24.3 Å². The average molecular weight is 276 g/mol. The zero-order chi connectivity index (χ0) is 14.5. The number of ether oxygens (including phenoxy) is 1. The van der Waals surface area contributed by atoms with Gasteiger partial charge < -0.3 is 15.4 Å². The van der Waals surface area contributed by atoms with E-state index < -0.39 is 0 Å². The topological polar surface area (TPSA) is 67.4 Å². The van der Waals surface area contributed by atoms with Gasteiger partial charge in [0.05, 0.1) is 12.2 Å². The number of carbonyl (C=O) groups excluding carboxylic acids is 2. The maximum Gasteiger partial charge on any atom is 0.338 e. The fourth-order valence-corrected chi connectivity index (χ4v) is 1.71. The fourth-order valence-electron chi connectivity index (χ4n) is 1.71. The Morgan fingerprint density at radius 1 is 1.35 bits per heavy atom. The Bertz CT molecular complexity index is 496. The summed E-state index contributed by atoms with van der Waals surface area (Å²) < 4.78 is 5.21. The van der Waals surface area contributed by atoms with Gasteiger partial charge in [0.2, 0.25) is 0 Å². The zero-order valence-electron chi connectivity index (χ0n) is 11.8. The van der Waals surface area contributed by atoms with Crippen molar-refractivity contribution in [2.75, 3.05) is 11.9 Å². The highest BCUT2D eigenvalue weighted by molar-refractivity contribution is 5.94. The number of esters is 1. The number of hydrogen-bond donors (Lipinski definition) is 2. The average Bonchev–Trinajstić information content (AvgIpc) is 3.19. The summed E-state index contributed by atoms with van der Waals surface area (Å²) in [6.07, 6.45) is 2.29. The minimum Gasteiger partial charge on any atom is -0.462 e. The van der Waals surface area contributed by atoms with Crippen LogP contribution in [0.25, 0.3) is 0 Å². The summed E-state index contributed by atoms with van der Waals surface area (Å²) in [5.74, 6) is 0.196. The molecule has 0 heterocycles. The van der Waals surface area contributed by atoms with Gasteiger partial charge in [-0.15, -0.1) is 0 Å². The standard InChI is InChI=1S/C15H20N2O3/c1-10(2)16-15(19)17-13-5-3-4-12(8-13)14(18)20-9-11-6-7-11/h3-5,8,10-11H,6-7,9H2,1-2H3,(H2,16,17,19). The molecule has 20 heavy (non-hydrogen) atoms. The quantitative estimate of drug-likeness (QED) is 0.813. The number of benzene rings is 1. The van der Waals surface area contributed by atoms with Crippen LogP contribution in [0.1, 0.15) is 37.0 Å². The molecule has 0 aromatic heterocycles. The third-order valence-electron chi connectivity index (χ3n) is 2.92. The highest BCUT2D eigenvalue weighted by Gasteiger charge is 2.23. The molecule has 1 saturated carbocycles. The van der Waals surface area contributed by atoms with Gasteiger partial charge >= 0.3 is 12.0 Å². The molecule has 0 spiro atoms. The van der Waals surface area contributed by atoms with Crippen molar-refractivity contribution in [2.45, 2.75) is 32.7 Å². The molecule has 0 bridgehead atoms. The predicted octanol–water partition coefficient (Wildman–Crippen LogP) is 2.78. The molecule has 2 N–H and O–H groups in total. The molecule has 1 aromatic carbocycles. The van der Waals surface area contributed by atoms with E-state index in [2.05, 4.69) is 10.6 Å². The van der Waals surface area contributed by atoms with E-state index >= 15 is 0 Å². The molecular weight excluding hydrogens is 256 g/mol. The Morgan fingerprint density at radius 3 is 2.75 bits per heavy atom. The third kappa shape index (κ3) is 4.57. The first-order valence-electron chi connectivity index (χ1n) is 6.89. The first-order valence-corrected chi connectivity index (χ1v) is 6.89. The smallest absolute Gasteiger partial charge is 0.338 e. The van der Waals surface area contributed by atoms with E-state index in [1.165, 1.54) is 0 Å². The van der Waals surface area contributed by atoms with Crippen molar-refractivity contribution in [3.8, 4) is 0 Å². The van der Waals surface area contributed by atoms with Crippen LogP contribution in [-0.4, -0.2) is 24.6 Å². The van der Waals surface area contributed by atoms with Crippen LogP contribution in [0.2, 0.25) is 0 Å². The van der Waals surface area contributed by atoms with Gasteiger partial charge in [0.25, 0.3) is 0 Å². The van der Waals surface area contributed by atoms with E-state index in [4.69, 9.17) is 4.74 Å². The van der Waals surface area contributed by atoms with Gasteiger partial charge in [-0.3, -0.25) is 0 Å². The van der Waals surface area contributed by atoms with Crippen LogP contribution in [0.4, 0.5) is 10.5 Å². The maximum atomic E-state index is 11.8. The molecule has 1 aliphatic carbocycles. The maximum absolute atomic E-state index is 11.8. The lowest BCUT2D eigenvalue weighted by Crippen LogP contribution is -2.34. The minimum absolute atomic E-state index is 0.0571. The summed E-state index contributed by atoms with van der Waals surface area (Å²) in [5, 5.41) is 5.41. The van der Waals surface area contributed by atoms with E-state index in [-0.39, 0.29) is 18.0 Å². The molecule has 0 aliphatic heterocycles. The number of hydrogen-bond acceptors (Lipinski definition) is 3. The van der Waals surface area contributed by atoms with Crippen molar-refractivity contribution in [1.29, 1.82) is 0 Å². The first kappa shape index (κ1) is 14.4. The zero-order valence-corrected chi connectivity index (χ0v) is 11.8. The number of amides is 2. The van der Waals surface area contributed by atoms with Gasteiger partial charge in [0, 0.05) is 11.7 Å². The number of rotatable bonds is 5. The normalized spacial score (nSPS) is 13.9. The largest absolute Gasteiger partial charge is 0.462 e. The van der Waals surface area contributed by atoms with Gasteiger partial charge in [-0.05, 0) is 50.8 Å². The van der Waals surface area contributed by atoms with E-state index in [1.807, 2.05) is 13.8 Å². The van der Waals surface area contributed by atoms with Crippen LogP contribution in [0.3, 0.4) is 0 Å². The van der Waals surface area contributed by atoms with Crippen molar-refractivity contribution in [3.05, 3.63) is 29.8 Å². The Morgan fingerprint density at radius 2 is 2.10 bits per heavy atom. The highest BCUT2D eigenvalue weighted by atomic mass is 16.5. The molecule has 0 saturated heterocycles. The lowest BCUT2D eigenvalue weighted by molar-refractivity contribution is 0.0486. The lowest BCUT2D eigenvalue weighted by atomic mass is 10.2. The Hall–Kier alpha value is -2.04. The number of nitrogens with one attached hydrogen (secondary N) is 2. The Balaban J connectivity index is 1.92. The van der Waals surface area contributed by atoms with Gasteiger partial charge in [0.1, 0.15) is 0 Å². The van der Waals surface area contributed by atoms with E-state index in [0.29, 0.717) is 23.8 Å². The fraction of sp³-hybridized carbons (Fsp3) is 0.467. The third-order valence-corrected chi connectivity index (χ3v) is 2.92. The molecule has 0 radical (unpaired) electrons. The molecule has 1 aromatic rings. The van der Waals surface area contributed by atoms with E-state index in [1.54, 1.807) is 24.3 Å². The minimum atomic E-state index is -0.343. The summed E-state index contributed by atoms with van der Waals surface area (Å²) >= 11 is 0. The number of anilines is 1. The summed E-state index contributed by atoms with van der Waals surface area (Å²) in [6.45, 7) is 4.25. The monoisotopic (exact) mass is 276 g/mol. The second kappa shape index (κ2) is 6.41. The molecular formula is C15H20N2O3. The SMILES string of the molecule is CC(C)NC(=O)Nc1cccc(C(=O)OCC2CC2)c1. The Kier molecular flexibility index (Phi) is 4.61. The van der Waals surface area contributed by atoms with Crippen LogP contribution in [0, 0.1) is 5.92 Å². The molecule has 0 unspecified atom stereocenters. The lowest BCUT2D eigenvalue weighted by Gasteiger charge is -2.11. The van der Waals surface area contributed by atoms with Gasteiger partial charge in [-0.25, -0.2) is 9.59 Å². The van der Waals surface area contributed by atoms with E-state index in [9.17, 15) is 9.59 Å². The molecule has 2 amide bonds. The predicted molar refractivity (Wildman–Crippen MR) is 76.7 cm³/mol. The summed E-state index contributed by atoms with van der Waals surface area (Å²) in [6, 6.07) is 6.52. The molecule has 108 valence electrons. The van der Waals surface area contributed by atoms with Crippen molar-refractivity contribution in [1.82, 2.24) is 5.32 Å². The van der Waals surface area contributed by atoms with Crippen molar-refractivity contribution in [3.63, 3.8) is 0 Å². The van der Waals surface area contributed by atoms with Crippen molar-refractivity contribution < 1.29 is 14.3 Å². The second-order valence-electron chi connectivity index (χ2n) is 5.38. The van der Waals surface area contributed by atoms with Crippen LogP contribution in [0.5, 0.6) is 0 Å². The molecule has 0 atom stereocenters. The number of carbonyl (C=O) groups is 2.